The summed E-state index contributed by atoms with van der Waals surface area (Å²) in [7, 11) is 3.12. The maximum atomic E-state index is 12.8. The van der Waals surface area contributed by atoms with Gasteiger partial charge in [0.25, 0.3) is 0 Å². The molecular weight excluding hydrogens is 487 g/mol. The van der Waals surface area contributed by atoms with Gasteiger partial charge >= 0.3 is 5.97 Å². The van der Waals surface area contributed by atoms with Gasteiger partial charge in [-0.1, -0.05) is 50.8 Å². The van der Waals surface area contributed by atoms with Crippen LogP contribution < -0.4 is 14.2 Å². The Hall–Kier alpha value is -1.99. The number of para-hydroxylation sites is 1. The summed E-state index contributed by atoms with van der Waals surface area (Å²) in [6.45, 7) is 8.51. The molecule has 1 saturated heterocycles. The third-order valence-electron chi connectivity index (χ3n) is 6.23. The Morgan fingerprint density at radius 3 is 2.14 bits per heavy atom. The van der Waals surface area contributed by atoms with Crippen molar-refractivity contribution in [2.75, 3.05) is 46.9 Å². The maximum absolute atomic E-state index is 12.8. The van der Waals surface area contributed by atoms with Crippen LogP contribution in [0.5, 0.6) is 17.2 Å². The maximum Gasteiger partial charge on any atom is 0.343 e. The van der Waals surface area contributed by atoms with E-state index in [9.17, 15) is 4.79 Å². The van der Waals surface area contributed by atoms with Gasteiger partial charge in [-0.3, -0.25) is 4.90 Å². The molecule has 2 aromatic rings. The number of piperazine rings is 1. The number of esters is 1. The number of nitrogens with zero attached hydrogens (tertiary/aromatic N) is 2. The molecular formula is C27H40Cl2N2O4. The number of unbranched alkanes of at least 4 members (excludes halogenated alkanes) is 4. The zero-order chi connectivity index (χ0) is 23.5. The minimum atomic E-state index is -0.406. The Balaban J connectivity index is 0.00000306. The fourth-order valence-electron chi connectivity index (χ4n) is 4.21. The summed E-state index contributed by atoms with van der Waals surface area (Å²) in [6, 6.07) is 12.8. The average Bonchev–Trinajstić information content (AvgIpc) is 2.85. The van der Waals surface area contributed by atoms with Gasteiger partial charge < -0.3 is 19.1 Å². The molecule has 1 heterocycles. The number of benzene rings is 2. The molecule has 0 atom stereocenters. The van der Waals surface area contributed by atoms with Crippen molar-refractivity contribution in [3.8, 4) is 17.2 Å². The molecule has 0 aromatic heterocycles. The van der Waals surface area contributed by atoms with Gasteiger partial charge in [0.1, 0.15) is 5.75 Å². The van der Waals surface area contributed by atoms with Crippen LogP contribution in [-0.4, -0.2) is 62.7 Å². The number of carbonyl (C=O) groups excluding carboxylic acids is 1. The first-order valence-electron chi connectivity index (χ1n) is 12.1. The van der Waals surface area contributed by atoms with E-state index in [0.717, 1.165) is 38.3 Å². The molecule has 6 nitrogen and oxygen atoms in total. The predicted molar refractivity (Wildman–Crippen MR) is 146 cm³/mol. The number of hydrogen-bond donors (Lipinski definition) is 0. The highest BCUT2D eigenvalue weighted by Crippen LogP contribution is 2.29. The first kappa shape index (κ1) is 31.0. The van der Waals surface area contributed by atoms with E-state index in [1.807, 2.05) is 24.3 Å². The van der Waals surface area contributed by atoms with Gasteiger partial charge in [0.05, 0.1) is 19.8 Å². The Labute approximate surface area is 222 Å². The minimum Gasteiger partial charge on any atom is -0.493 e. The minimum absolute atomic E-state index is 0. The van der Waals surface area contributed by atoms with Gasteiger partial charge in [0.15, 0.2) is 11.5 Å². The summed E-state index contributed by atoms with van der Waals surface area (Å²) in [5.41, 5.74) is 1.45. The van der Waals surface area contributed by atoms with E-state index in [0.29, 0.717) is 22.8 Å². The number of hydrogen-bond acceptors (Lipinski definition) is 6. The molecule has 0 bridgehead atoms. The second-order valence-corrected chi connectivity index (χ2v) is 8.60. The van der Waals surface area contributed by atoms with Crippen molar-refractivity contribution in [1.82, 2.24) is 9.80 Å². The van der Waals surface area contributed by atoms with Crippen molar-refractivity contribution in [3.63, 3.8) is 0 Å². The molecule has 1 aliphatic rings. The Morgan fingerprint density at radius 2 is 1.46 bits per heavy atom. The molecule has 35 heavy (non-hydrogen) atoms. The van der Waals surface area contributed by atoms with Gasteiger partial charge in [0.2, 0.25) is 0 Å². The van der Waals surface area contributed by atoms with Gasteiger partial charge in [-0.15, -0.1) is 24.8 Å². The molecule has 0 spiro atoms. The SMILES string of the molecule is CCCCCCCN1CCN(Cc2ccccc2OC(=O)c2ccc(OC)c(OC)c2)CC1.Cl.Cl. The fourth-order valence-corrected chi connectivity index (χ4v) is 4.21. The predicted octanol–water partition coefficient (Wildman–Crippen LogP) is 5.85. The van der Waals surface area contributed by atoms with Crippen molar-refractivity contribution in [1.29, 1.82) is 0 Å². The van der Waals surface area contributed by atoms with Gasteiger partial charge in [-0.2, -0.15) is 0 Å². The highest BCUT2D eigenvalue weighted by atomic mass is 35.5. The molecule has 8 heteroatoms. The van der Waals surface area contributed by atoms with E-state index in [-0.39, 0.29) is 24.8 Å². The van der Waals surface area contributed by atoms with Gasteiger partial charge in [0, 0.05) is 38.3 Å². The lowest BCUT2D eigenvalue weighted by atomic mass is 10.1. The molecule has 0 N–H and O–H groups in total. The average molecular weight is 528 g/mol. The monoisotopic (exact) mass is 526 g/mol. The first-order chi connectivity index (χ1) is 16.1. The Bertz CT molecular complexity index is 889. The molecule has 0 amide bonds. The van der Waals surface area contributed by atoms with Crippen LogP contribution in [0.1, 0.15) is 54.9 Å². The molecule has 0 saturated carbocycles. The second-order valence-electron chi connectivity index (χ2n) is 8.60. The number of ether oxygens (including phenoxy) is 3. The number of rotatable bonds is 12. The lowest BCUT2D eigenvalue weighted by molar-refractivity contribution is 0.0728. The van der Waals surface area contributed by atoms with Crippen LogP contribution >= 0.6 is 24.8 Å². The fraction of sp³-hybridized carbons (Fsp3) is 0.519. The summed E-state index contributed by atoms with van der Waals surface area (Å²) in [5.74, 6) is 1.28. The van der Waals surface area contributed by atoms with E-state index in [2.05, 4.69) is 16.7 Å². The topological polar surface area (TPSA) is 51.2 Å². The van der Waals surface area contributed by atoms with Crippen LogP contribution in [0.15, 0.2) is 42.5 Å². The molecule has 3 rings (SSSR count). The van der Waals surface area contributed by atoms with Gasteiger partial charge in [-0.05, 0) is 37.2 Å². The molecule has 1 aliphatic heterocycles. The summed E-state index contributed by atoms with van der Waals surface area (Å²) in [6.07, 6.45) is 6.64. The zero-order valence-electron chi connectivity index (χ0n) is 21.2. The van der Waals surface area contributed by atoms with Crippen LogP contribution in [0, 0.1) is 0 Å². The van der Waals surface area contributed by atoms with Crippen molar-refractivity contribution in [3.05, 3.63) is 53.6 Å². The quantitative estimate of drug-likeness (QED) is 0.196. The number of halogens is 2. The molecule has 0 radical (unpaired) electrons. The number of methoxy groups -OCH3 is 2. The summed E-state index contributed by atoms with van der Waals surface area (Å²) in [5, 5.41) is 0. The van der Waals surface area contributed by atoms with Crippen LogP contribution in [0.3, 0.4) is 0 Å². The number of carbonyl (C=O) groups is 1. The van der Waals surface area contributed by atoms with E-state index in [4.69, 9.17) is 14.2 Å². The highest BCUT2D eigenvalue weighted by molar-refractivity contribution is 5.92. The lowest BCUT2D eigenvalue weighted by Gasteiger charge is -2.35. The van der Waals surface area contributed by atoms with Crippen LogP contribution in [0.4, 0.5) is 0 Å². The van der Waals surface area contributed by atoms with Crippen molar-refractivity contribution in [2.45, 2.75) is 45.6 Å². The summed E-state index contributed by atoms with van der Waals surface area (Å²) >= 11 is 0. The van der Waals surface area contributed by atoms with Gasteiger partial charge in [-0.25, -0.2) is 4.79 Å². The standard InChI is InChI=1S/C27H38N2O4.2ClH/c1-4-5-6-7-10-15-28-16-18-29(19-17-28)21-23-11-8-9-12-24(23)33-27(30)22-13-14-25(31-2)26(20-22)32-3;;/h8-9,11-14,20H,4-7,10,15-19,21H2,1-3H3;2*1H. The van der Waals surface area contributed by atoms with E-state index in [1.54, 1.807) is 32.4 Å². The normalized spacial score (nSPS) is 13.9. The van der Waals surface area contributed by atoms with Crippen molar-refractivity contribution in [2.24, 2.45) is 0 Å². The largest absolute Gasteiger partial charge is 0.493 e. The second kappa shape index (κ2) is 16.6. The van der Waals surface area contributed by atoms with Crippen LogP contribution in [0.2, 0.25) is 0 Å². The van der Waals surface area contributed by atoms with E-state index in [1.165, 1.54) is 38.6 Å². The van der Waals surface area contributed by atoms with E-state index >= 15 is 0 Å². The highest BCUT2D eigenvalue weighted by Gasteiger charge is 2.19. The smallest absolute Gasteiger partial charge is 0.343 e. The molecule has 0 aliphatic carbocycles. The first-order valence-corrected chi connectivity index (χ1v) is 12.1. The summed E-state index contributed by atoms with van der Waals surface area (Å²) < 4.78 is 16.3. The molecule has 2 aromatic carbocycles. The van der Waals surface area contributed by atoms with E-state index < -0.39 is 5.97 Å². The van der Waals surface area contributed by atoms with Crippen molar-refractivity contribution >= 4 is 30.8 Å². The molecule has 0 unspecified atom stereocenters. The third-order valence-corrected chi connectivity index (χ3v) is 6.23. The Kier molecular flexibility index (Phi) is 14.8. The zero-order valence-corrected chi connectivity index (χ0v) is 22.8. The molecule has 196 valence electrons. The third kappa shape index (κ3) is 9.53. The summed E-state index contributed by atoms with van der Waals surface area (Å²) in [4.78, 5) is 17.8. The molecule has 1 fully saturated rings. The van der Waals surface area contributed by atoms with Crippen molar-refractivity contribution < 1.29 is 19.0 Å². The lowest BCUT2D eigenvalue weighted by Crippen LogP contribution is -2.46. The van der Waals surface area contributed by atoms with Crippen LogP contribution in [0.25, 0.3) is 0 Å². The Morgan fingerprint density at radius 1 is 0.800 bits per heavy atom. The van der Waals surface area contributed by atoms with Crippen LogP contribution in [-0.2, 0) is 6.54 Å².